The van der Waals surface area contributed by atoms with Crippen molar-refractivity contribution in [1.82, 2.24) is 9.62 Å². The fraction of sp³-hybridized carbons (Fsp3) is 0.381. The monoisotopic (exact) mass is 386 g/mol. The molecule has 6 heteroatoms. The van der Waals surface area contributed by atoms with E-state index in [0.29, 0.717) is 5.56 Å². The van der Waals surface area contributed by atoms with Gasteiger partial charge >= 0.3 is 0 Å². The van der Waals surface area contributed by atoms with Crippen LogP contribution in [0.25, 0.3) is 0 Å². The van der Waals surface area contributed by atoms with E-state index in [1.54, 1.807) is 12.1 Å². The second-order valence-corrected chi connectivity index (χ2v) is 8.81. The molecule has 0 aliphatic carbocycles. The number of nitrogens with one attached hydrogen (secondary N) is 1. The third-order valence-corrected chi connectivity index (χ3v) is 6.27. The van der Waals surface area contributed by atoms with Crippen LogP contribution >= 0.6 is 0 Å². The van der Waals surface area contributed by atoms with Crippen LogP contribution < -0.4 is 4.72 Å². The predicted octanol–water partition coefficient (Wildman–Crippen LogP) is 3.49. The van der Waals surface area contributed by atoms with Crippen LogP contribution in [0, 0.1) is 6.92 Å². The van der Waals surface area contributed by atoms with Gasteiger partial charge in [-0.2, -0.15) is 0 Å². The van der Waals surface area contributed by atoms with Gasteiger partial charge in [0, 0.05) is 25.2 Å². The number of carbonyl (C=O) groups excluding carboxylic acids is 1. The molecule has 0 aromatic heterocycles. The minimum atomic E-state index is -3.62. The molecule has 1 fully saturated rings. The average molecular weight is 387 g/mol. The Morgan fingerprint density at radius 3 is 2.30 bits per heavy atom. The molecule has 1 amide bonds. The SMILES string of the molecule is Cc1cccc(CNS(=O)(=O)c2ccc(C(=O)N3CCCCCC3)cc2)c1. The minimum Gasteiger partial charge on any atom is -0.339 e. The van der Waals surface area contributed by atoms with Crippen molar-refractivity contribution in [3.8, 4) is 0 Å². The van der Waals surface area contributed by atoms with Gasteiger partial charge in [-0.05, 0) is 49.6 Å². The molecule has 144 valence electrons. The zero-order valence-electron chi connectivity index (χ0n) is 15.6. The lowest BCUT2D eigenvalue weighted by atomic mass is 10.1. The molecule has 2 aromatic rings. The Morgan fingerprint density at radius 2 is 1.67 bits per heavy atom. The van der Waals surface area contributed by atoms with E-state index in [2.05, 4.69) is 4.72 Å². The van der Waals surface area contributed by atoms with Gasteiger partial charge in [0.15, 0.2) is 0 Å². The van der Waals surface area contributed by atoms with Gasteiger partial charge in [0.2, 0.25) is 10.0 Å². The van der Waals surface area contributed by atoms with Crippen LogP contribution in [0.3, 0.4) is 0 Å². The molecular weight excluding hydrogens is 360 g/mol. The predicted molar refractivity (Wildman–Crippen MR) is 106 cm³/mol. The van der Waals surface area contributed by atoms with E-state index in [0.717, 1.165) is 49.9 Å². The molecule has 5 nitrogen and oxygen atoms in total. The van der Waals surface area contributed by atoms with Gasteiger partial charge in [0.25, 0.3) is 5.91 Å². The third kappa shape index (κ3) is 5.17. The highest BCUT2D eigenvalue weighted by molar-refractivity contribution is 7.89. The molecular formula is C21H26N2O3S. The van der Waals surface area contributed by atoms with Gasteiger partial charge in [-0.25, -0.2) is 13.1 Å². The molecule has 1 N–H and O–H groups in total. The van der Waals surface area contributed by atoms with Gasteiger partial charge < -0.3 is 4.90 Å². The number of carbonyl (C=O) groups is 1. The summed E-state index contributed by atoms with van der Waals surface area (Å²) in [6.07, 6.45) is 4.38. The fourth-order valence-corrected chi connectivity index (χ4v) is 4.33. The number of sulfonamides is 1. The summed E-state index contributed by atoms with van der Waals surface area (Å²) in [4.78, 5) is 14.7. The van der Waals surface area contributed by atoms with Gasteiger partial charge in [-0.1, -0.05) is 42.7 Å². The van der Waals surface area contributed by atoms with E-state index in [1.165, 1.54) is 12.1 Å². The zero-order chi connectivity index (χ0) is 19.3. The maximum Gasteiger partial charge on any atom is 0.253 e. The highest BCUT2D eigenvalue weighted by Gasteiger charge is 2.19. The fourth-order valence-electron chi connectivity index (χ4n) is 3.32. The summed E-state index contributed by atoms with van der Waals surface area (Å²) < 4.78 is 27.6. The Morgan fingerprint density at radius 1 is 1.00 bits per heavy atom. The summed E-state index contributed by atoms with van der Waals surface area (Å²) in [6.45, 7) is 3.75. The first kappa shape index (κ1) is 19.6. The van der Waals surface area contributed by atoms with E-state index >= 15 is 0 Å². The molecule has 27 heavy (non-hydrogen) atoms. The van der Waals surface area contributed by atoms with Crippen LogP contribution in [0.2, 0.25) is 0 Å². The Hall–Kier alpha value is -2.18. The number of nitrogens with zero attached hydrogens (tertiary/aromatic N) is 1. The van der Waals surface area contributed by atoms with E-state index in [4.69, 9.17) is 0 Å². The van der Waals surface area contributed by atoms with Crippen LogP contribution in [0.4, 0.5) is 0 Å². The minimum absolute atomic E-state index is 0.0198. The summed E-state index contributed by atoms with van der Waals surface area (Å²) in [5.74, 6) is -0.0198. The molecule has 1 saturated heterocycles. The van der Waals surface area contributed by atoms with E-state index < -0.39 is 10.0 Å². The largest absolute Gasteiger partial charge is 0.339 e. The lowest BCUT2D eigenvalue weighted by molar-refractivity contribution is 0.0761. The summed E-state index contributed by atoms with van der Waals surface area (Å²) in [5.41, 5.74) is 2.53. The van der Waals surface area contributed by atoms with Crippen molar-refractivity contribution >= 4 is 15.9 Å². The van der Waals surface area contributed by atoms with Crippen LogP contribution in [-0.2, 0) is 16.6 Å². The van der Waals surface area contributed by atoms with E-state index in [9.17, 15) is 13.2 Å². The number of rotatable bonds is 5. The molecule has 0 saturated carbocycles. The molecule has 0 unspecified atom stereocenters. The van der Waals surface area contributed by atoms with Crippen molar-refractivity contribution in [1.29, 1.82) is 0 Å². The highest BCUT2D eigenvalue weighted by Crippen LogP contribution is 2.16. The Balaban J connectivity index is 1.67. The number of hydrogen-bond donors (Lipinski definition) is 1. The summed E-state index contributed by atoms with van der Waals surface area (Å²) >= 11 is 0. The van der Waals surface area contributed by atoms with Crippen LogP contribution in [0.15, 0.2) is 53.4 Å². The van der Waals surface area contributed by atoms with Crippen LogP contribution in [-0.4, -0.2) is 32.3 Å². The molecule has 0 radical (unpaired) electrons. The first-order chi connectivity index (χ1) is 13.0. The second-order valence-electron chi connectivity index (χ2n) is 7.04. The topological polar surface area (TPSA) is 66.5 Å². The number of amides is 1. The zero-order valence-corrected chi connectivity index (χ0v) is 16.5. The highest BCUT2D eigenvalue weighted by atomic mass is 32.2. The molecule has 0 atom stereocenters. The van der Waals surface area contributed by atoms with Crippen molar-refractivity contribution in [3.63, 3.8) is 0 Å². The molecule has 3 rings (SSSR count). The van der Waals surface area contributed by atoms with Gasteiger partial charge in [0.1, 0.15) is 0 Å². The summed E-state index contributed by atoms with van der Waals surface area (Å²) in [5, 5.41) is 0. The molecule has 0 spiro atoms. The number of benzene rings is 2. The number of aryl methyl sites for hydroxylation is 1. The molecule has 1 aliphatic rings. The molecule has 0 bridgehead atoms. The van der Waals surface area contributed by atoms with Crippen molar-refractivity contribution in [2.24, 2.45) is 0 Å². The standard InChI is InChI=1S/C21H26N2O3S/c1-17-7-6-8-18(15-17)16-22-27(25,26)20-11-9-19(10-12-20)21(24)23-13-4-2-3-5-14-23/h6-12,15,22H,2-5,13-14,16H2,1H3. The van der Waals surface area contributed by atoms with Crippen molar-refractivity contribution < 1.29 is 13.2 Å². The van der Waals surface area contributed by atoms with Gasteiger partial charge in [-0.3, -0.25) is 4.79 Å². The Labute approximate surface area is 161 Å². The van der Waals surface area contributed by atoms with E-state index in [-0.39, 0.29) is 17.3 Å². The average Bonchev–Trinajstić information content (AvgIpc) is 2.96. The Bertz CT molecular complexity index is 884. The first-order valence-electron chi connectivity index (χ1n) is 9.40. The maximum atomic E-state index is 12.6. The smallest absolute Gasteiger partial charge is 0.253 e. The first-order valence-corrected chi connectivity index (χ1v) is 10.9. The van der Waals surface area contributed by atoms with Crippen LogP contribution in [0.5, 0.6) is 0 Å². The summed E-state index contributed by atoms with van der Waals surface area (Å²) in [6, 6.07) is 13.9. The molecule has 2 aromatic carbocycles. The summed E-state index contributed by atoms with van der Waals surface area (Å²) in [7, 11) is -3.62. The lowest BCUT2D eigenvalue weighted by Gasteiger charge is -2.20. The molecule has 1 heterocycles. The Kier molecular flexibility index (Phi) is 6.29. The second kappa shape index (κ2) is 8.67. The maximum absolute atomic E-state index is 12.6. The van der Waals surface area contributed by atoms with Crippen molar-refractivity contribution in [2.45, 2.75) is 44.0 Å². The number of hydrogen-bond acceptors (Lipinski definition) is 3. The van der Waals surface area contributed by atoms with Gasteiger partial charge in [-0.15, -0.1) is 0 Å². The lowest BCUT2D eigenvalue weighted by Crippen LogP contribution is -2.31. The van der Waals surface area contributed by atoms with Crippen molar-refractivity contribution in [2.75, 3.05) is 13.1 Å². The number of likely N-dealkylation sites (tertiary alicyclic amines) is 1. The normalized spacial score (nSPS) is 15.4. The van der Waals surface area contributed by atoms with Crippen molar-refractivity contribution in [3.05, 3.63) is 65.2 Å². The van der Waals surface area contributed by atoms with E-state index in [1.807, 2.05) is 36.1 Å². The molecule has 1 aliphatic heterocycles. The van der Waals surface area contributed by atoms with Crippen LogP contribution in [0.1, 0.15) is 47.2 Å². The quantitative estimate of drug-likeness (QED) is 0.855. The van der Waals surface area contributed by atoms with Gasteiger partial charge in [0.05, 0.1) is 4.90 Å². The third-order valence-electron chi connectivity index (χ3n) is 4.85.